The van der Waals surface area contributed by atoms with Crippen molar-refractivity contribution in [1.29, 1.82) is 5.26 Å². The van der Waals surface area contributed by atoms with Gasteiger partial charge in [-0.3, -0.25) is 0 Å². The van der Waals surface area contributed by atoms with Crippen LogP contribution in [0.5, 0.6) is 0 Å². The maximum atomic E-state index is 8.50. The molecule has 0 N–H and O–H groups in total. The summed E-state index contributed by atoms with van der Waals surface area (Å²) in [6.07, 6.45) is 0. The highest BCUT2D eigenvalue weighted by molar-refractivity contribution is 9.10. The van der Waals surface area contributed by atoms with E-state index < -0.39 is 0 Å². The Morgan fingerprint density at radius 2 is 2.21 bits per heavy atom. The van der Waals surface area contributed by atoms with Crippen LogP contribution in [0.1, 0.15) is 5.89 Å². The van der Waals surface area contributed by atoms with E-state index in [4.69, 9.17) is 9.68 Å². The van der Waals surface area contributed by atoms with Crippen molar-refractivity contribution >= 4 is 15.9 Å². The van der Waals surface area contributed by atoms with E-state index in [2.05, 4.69) is 26.1 Å². The van der Waals surface area contributed by atoms with Crippen molar-refractivity contribution in [3.8, 4) is 17.5 Å². The molecule has 0 amide bonds. The minimum atomic E-state index is -0.0278. The third-order valence-electron chi connectivity index (χ3n) is 1.59. The van der Waals surface area contributed by atoms with Gasteiger partial charge in [-0.05, 0) is 18.2 Å². The lowest BCUT2D eigenvalue weighted by Gasteiger charge is -1.93. The third kappa shape index (κ3) is 1.65. The van der Waals surface area contributed by atoms with Crippen LogP contribution in [0, 0.1) is 11.3 Å². The smallest absolute Gasteiger partial charge is 0.321 e. The van der Waals surface area contributed by atoms with Crippen molar-refractivity contribution in [2.45, 2.75) is 0 Å². The van der Waals surface area contributed by atoms with Crippen molar-refractivity contribution in [1.82, 2.24) is 10.2 Å². The molecule has 0 atom stereocenters. The monoisotopic (exact) mass is 249 g/mol. The Labute approximate surface area is 88.3 Å². The lowest BCUT2D eigenvalue weighted by molar-refractivity contribution is 0.553. The molecule has 2 aromatic rings. The van der Waals surface area contributed by atoms with Gasteiger partial charge in [-0.1, -0.05) is 27.1 Å². The molecule has 2 rings (SSSR count). The number of nitriles is 1. The molecule has 1 aromatic carbocycles. The first-order valence-electron chi connectivity index (χ1n) is 3.79. The number of benzene rings is 1. The average Bonchev–Trinajstić information content (AvgIpc) is 2.66. The highest BCUT2D eigenvalue weighted by atomic mass is 79.9. The summed E-state index contributed by atoms with van der Waals surface area (Å²) in [6, 6.07) is 9.21. The second-order valence-corrected chi connectivity index (χ2v) is 3.45. The van der Waals surface area contributed by atoms with E-state index in [0.717, 1.165) is 10.0 Å². The van der Waals surface area contributed by atoms with Crippen molar-refractivity contribution in [2.24, 2.45) is 0 Å². The van der Waals surface area contributed by atoms with Crippen LogP contribution < -0.4 is 0 Å². The van der Waals surface area contributed by atoms with E-state index in [9.17, 15) is 0 Å². The molecular weight excluding hydrogens is 246 g/mol. The third-order valence-corrected chi connectivity index (χ3v) is 2.09. The largest absolute Gasteiger partial charge is 0.408 e. The first kappa shape index (κ1) is 8.91. The summed E-state index contributed by atoms with van der Waals surface area (Å²) in [5.41, 5.74) is 0.786. The molecule has 0 bridgehead atoms. The molecule has 5 heteroatoms. The summed E-state index contributed by atoms with van der Waals surface area (Å²) in [5, 5.41) is 15.8. The summed E-state index contributed by atoms with van der Waals surface area (Å²) in [6.45, 7) is 0. The van der Waals surface area contributed by atoms with Crippen LogP contribution in [0.25, 0.3) is 11.5 Å². The zero-order valence-electron chi connectivity index (χ0n) is 6.94. The predicted molar refractivity (Wildman–Crippen MR) is 52.1 cm³/mol. The molecular formula is C9H4BrN3O. The Bertz CT molecular complexity index is 501. The van der Waals surface area contributed by atoms with Crippen molar-refractivity contribution in [2.75, 3.05) is 0 Å². The van der Waals surface area contributed by atoms with E-state index >= 15 is 0 Å². The molecule has 0 aliphatic rings. The van der Waals surface area contributed by atoms with E-state index in [0.29, 0.717) is 5.89 Å². The molecule has 0 saturated carbocycles. The fourth-order valence-electron chi connectivity index (χ4n) is 1.01. The molecule has 4 nitrogen and oxygen atoms in total. The maximum absolute atomic E-state index is 8.50. The number of hydrogen-bond acceptors (Lipinski definition) is 4. The number of nitrogens with zero attached hydrogens (tertiary/aromatic N) is 3. The van der Waals surface area contributed by atoms with E-state index in [1.54, 1.807) is 6.07 Å². The predicted octanol–water partition coefficient (Wildman–Crippen LogP) is 2.37. The Morgan fingerprint density at radius 3 is 2.86 bits per heavy atom. The van der Waals surface area contributed by atoms with Crippen LogP contribution in [0.4, 0.5) is 0 Å². The normalized spacial score (nSPS) is 9.71. The molecule has 1 aromatic heterocycles. The fraction of sp³-hybridized carbons (Fsp3) is 0. The van der Waals surface area contributed by atoms with Crippen molar-refractivity contribution < 1.29 is 4.42 Å². The molecule has 0 unspecified atom stereocenters. The van der Waals surface area contributed by atoms with E-state index in [1.807, 2.05) is 24.3 Å². The lowest BCUT2D eigenvalue weighted by atomic mass is 10.2. The summed E-state index contributed by atoms with van der Waals surface area (Å²) >= 11 is 3.33. The number of aromatic nitrogens is 2. The highest BCUT2D eigenvalue weighted by Gasteiger charge is 2.07. The van der Waals surface area contributed by atoms with E-state index in [1.165, 1.54) is 0 Å². The fourth-order valence-corrected chi connectivity index (χ4v) is 1.41. The summed E-state index contributed by atoms with van der Waals surface area (Å²) < 4.78 is 5.99. The molecule has 0 spiro atoms. The quantitative estimate of drug-likeness (QED) is 0.779. The number of halogens is 1. The van der Waals surface area contributed by atoms with Crippen molar-refractivity contribution in [3.63, 3.8) is 0 Å². The van der Waals surface area contributed by atoms with E-state index in [-0.39, 0.29) is 5.89 Å². The molecule has 0 aliphatic carbocycles. The van der Waals surface area contributed by atoms with Crippen molar-refractivity contribution in [3.05, 3.63) is 34.6 Å². The van der Waals surface area contributed by atoms with Gasteiger partial charge in [0, 0.05) is 10.0 Å². The van der Waals surface area contributed by atoms with Gasteiger partial charge < -0.3 is 4.42 Å². The van der Waals surface area contributed by atoms with Gasteiger partial charge in [0.2, 0.25) is 5.89 Å². The topological polar surface area (TPSA) is 62.7 Å². The minimum Gasteiger partial charge on any atom is -0.408 e. The first-order chi connectivity index (χ1) is 6.79. The van der Waals surface area contributed by atoms with Crippen LogP contribution in [-0.2, 0) is 0 Å². The number of rotatable bonds is 1. The molecule has 68 valence electrons. The molecule has 0 saturated heterocycles. The SMILES string of the molecule is N#Cc1nnc(-c2cccc(Br)c2)o1. The maximum Gasteiger partial charge on any atom is 0.321 e. The molecule has 0 radical (unpaired) electrons. The minimum absolute atomic E-state index is 0.0278. The van der Waals surface area contributed by atoms with Gasteiger partial charge >= 0.3 is 5.89 Å². The number of hydrogen-bond donors (Lipinski definition) is 0. The average molecular weight is 250 g/mol. The van der Waals surface area contributed by atoms with Gasteiger partial charge in [-0.2, -0.15) is 5.26 Å². The summed E-state index contributed by atoms with van der Waals surface area (Å²) in [7, 11) is 0. The van der Waals surface area contributed by atoms with Crippen LogP contribution in [0.3, 0.4) is 0 Å². The lowest BCUT2D eigenvalue weighted by Crippen LogP contribution is -1.76. The van der Waals surface area contributed by atoms with Gasteiger partial charge in [-0.25, -0.2) is 0 Å². The zero-order chi connectivity index (χ0) is 9.97. The van der Waals surface area contributed by atoms with Gasteiger partial charge in [0.15, 0.2) is 6.07 Å². The van der Waals surface area contributed by atoms with Gasteiger partial charge in [0.05, 0.1) is 0 Å². The highest BCUT2D eigenvalue weighted by Crippen LogP contribution is 2.21. The van der Waals surface area contributed by atoms with Gasteiger partial charge in [-0.15, -0.1) is 5.10 Å². The van der Waals surface area contributed by atoms with Crippen LogP contribution in [0.2, 0.25) is 0 Å². The standard InChI is InChI=1S/C9H4BrN3O/c10-7-3-1-2-6(4-7)9-13-12-8(5-11)14-9/h1-4H. The zero-order valence-corrected chi connectivity index (χ0v) is 8.52. The molecule has 0 fully saturated rings. The van der Waals surface area contributed by atoms with Gasteiger partial charge in [0.1, 0.15) is 0 Å². The molecule has 1 heterocycles. The van der Waals surface area contributed by atoms with Crippen LogP contribution >= 0.6 is 15.9 Å². The molecule has 0 aliphatic heterocycles. The summed E-state index contributed by atoms with van der Waals surface area (Å²) in [5.74, 6) is 0.322. The summed E-state index contributed by atoms with van der Waals surface area (Å²) in [4.78, 5) is 0. The Morgan fingerprint density at radius 1 is 1.36 bits per heavy atom. The second-order valence-electron chi connectivity index (χ2n) is 2.53. The van der Waals surface area contributed by atoms with Crippen LogP contribution in [0.15, 0.2) is 33.2 Å². The second kappa shape index (κ2) is 3.60. The van der Waals surface area contributed by atoms with Gasteiger partial charge in [0.25, 0.3) is 0 Å². The Kier molecular flexibility index (Phi) is 2.29. The Balaban J connectivity index is 2.45. The van der Waals surface area contributed by atoms with Crippen LogP contribution in [-0.4, -0.2) is 10.2 Å². The molecule has 14 heavy (non-hydrogen) atoms. The first-order valence-corrected chi connectivity index (χ1v) is 4.58. The Hall–Kier alpha value is -1.67.